The Morgan fingerprint density at radius 3 is 2.20 bits per heavy atom. The Bertz CT molecular complexity index is 699. The molecule has 2 rings (SSSR count). The minimum Gasteiger partial charge on any atom is -0.451 e. The molecule has 1 heterocycles. The minimum absolute atomic E-state index is 0.0354. The maximum atomic E-state index is 13.4. The maximum Gasteiger partial charge on any atom is 0.255 e. The van der Waals surface area contributed by atoms with Crippen LogP contribution in [0.2, 0.25) is 0 Å². The van der Waals surface area contributed by atoms with E-state index in [1.165, 1.54) is 25.1 Å². The summed E-state index contributed by atoms with van der Waals surface area (Å²) in [5, 5.41) is 8.69. The molecule has 0 saturated carbocycles. The molecule has 0 amide bonds. The van der Waals surface area contributed by atoms with Gasteiger partial charge in [0, 0.05) is 0 Å². The molecule has 0 atom stereocenters. The van der Waals surface area contributed by atoms with Crippen LogP contribution in [-0.2, 0) is 0 Å². The Morgan fingerprint density at radius 1 is 1.10 bits per heavy atom. The molecule has 0 aliphatic rings. The summed E-state index contributed by atoms with van der Waals surface area (Å²) in [6.07, 6.45) is 0. The summed E-state index contributed by atoms with van der Waals surface area (Å²) in [5.74, 6) is -8.31. The second-order valence-electron chi connectivity index (χ2n) is 3.84. The third-order valence-corrected chi connectivity index (χ3v) is 2.47. The molecular weight excluding hydrogens is 276 g/mol. The van der Waals surface area contributed by atoms with E-state index in [-0.39, 0.29) is 5.75 Å². The van der Waals surface area contributed by atoms with E-state index < -0.39 is 29.3 Å². The number of hydrogen-bond donors (Lipinski definition) is 0. The van der Waals surface area contributed by atoms with Crippen molar-refractivity contribution in [2.45, 2.75) is 6.92 Å². The van der Waals surface area contributed by atoms with Gasteiger partial charge in [0.2, 0.25) is 17.4 Å². The van der Waals surface area contributed by atoms with Gasteiger partial charge in [-0.1, -0.05) is 0 Å². The van der Waals surface area contributed by atoms with Gasteiger partial charge in [-0.3, -0.25) is 0 Å². The number of hydrogen-bond acceptors (Lipinski definition) is 3. The van der Waals surface area contributed by atoms with Crippen molar-refractivity contribution in [3.63, 3.8) is 0 Å². The van der Waals surface area contributed by atoms with Gasteiger partial charge in [-0.05, 0) is 30.7 Å². The number of nitrogens with zero attached hydrogens (tertiary/aromatic N) is 2. The van der Waals surface area contributed by atoms with Crippen LogP contribution in [0.3, 0.4) is 0 Å². The first-order chi connectivity index (χ1) is 9.43. The highest BCUT2D eigenvalue weighted by atomic mass is 19.2. The van der Waals surface area contributed by atoms with Gasteiger partial charge in [0.05, 0.1) is 11.6 Å². The van der Waals surface area contributed by atoms with Crippen LogP contribution in [0.1, 0.15) is 11.1 Å². The molecule has 0 N–H and O–H groups in total. The predicted molar refractivity (Wildman–Crippen MR) is 60.0 cm³/mol. The van der Waals surface area contributed by atoms with Crippen molar-refractivity contribution in [1.29, 1.82) is 5.26 Å². The van der Waals surface area contributed by atoms with E-state index in [1.807, 2.05) is 6.07 Å². The molecule has 0 aliphatic carbocycles. The number of pyridine rings is 1. The molecule has 0 spiro atoms. The van der Waals surface area contributed by atoms with Gasteiger partial charge in [-0.25, -0.2) is 0 Å². The summed E-state index contributed by atoms with van der Waals surface area (Å²) in [6.45, 7) is 1.51. The molecule has 0 saturated heterocycles. The van der Waals surface area contributed by atoms with E-state index >= 15 is 0 Å². The normalized spacial score (nSPS) is 10.2. The Kier molecular flexibility index (Phi) is 3.57. The van der Waals surface area contributed by atoms with Gasteiger partial charge in [0.25, 0.3) is 11.9 Å². The van der Waals surface area contributed by atoms with E-state index in [1.54, 1.807) is 0 Å². The number of ether oxygens (including phenoxy) is 1. The number of nitriles is 1. The molecule has 20 heavy (non-hydrogen) atoms. The first-order valence-electron chi connectivity index (χ1n) is 5.32. The first kappa shape index (κ1) is 13.8. The van der Waals surface area contributed by atoms with Crippen LogP contribution in [0.15, 0.2) is 18.2 Å². The van der Waals surface area contributed by atoms with Crippen LogP contribution >= 0.6 is 0 Å². The van der Waals surface area contributed by atoms with Crippen molar-refractivity contribution in [2.24, 2.45) is 0 Å². The largest absolute Gasteiger partial charge is 0.451 e. The zero-order valence-electron chi connectivity index (χ0n) is 10.0. The van der Waals surface area contributed by atoms with Gasteiger partial charge in [-0.2, -0.15) is 27.8 Å². The predicted octanol–water partition coefficient (Wildman–Crippen LogP) is 3.61. The molecule has 0 bridgehead atoms. The summed E-state index contributed by atoms with van der Waals surface area (Å²) in [4.78, 5) is 2.42. The summed E-state index contributed by atoms with van der Waals surface area (Å²) >= 11 is 0. The Labute approximate surface area is 111 Å². The molecule has 3 nitrogen and oxygen atoms in total. The Morgan fingerprint density at radius 2 is 1.70 bits per heavy atom. The van der Waals surface area contributed by atoms with Crippen molar-refractivity contribution in [2.75, 3.05) is 0 Å². The van der Waals surface area contributed by atoms with Gasteiger partial charge >= 0.3 is 0 Å². The van der Waals surface area contributed by atoms with E-state index in [2.05, 4.69) is 4.98 Å². The lowest BCUT2D eigenvalue weighted by Gasteiger charge is -2.10. The molecule has 102 valence electrons. The van der Waals surface area contributed by atoms with Gasteiger partial charge in [-0.15, -0.1) is 0 Å². The fraction of sp³-hybridized carbons (Fsp3) is 0.0769. The molecule has 1 aromatic carbocycles. The summed E-state index contributed by atoms with van der Waals surface area (Å²) in [7, 11) is 0. The molecule has 0 unspecified atom stereocenters. The quantitative estimate of drug-likeness (QED) is 0.624. The Hall–Kier alpha value is -2.62. The zero-order valence-corrected chi connectivity index (χ0v) is 10.0. The van der Waals surface area contributed by atoms with E-state index in [0.717, 1.165) is 0 Å². The van der Waals surface area contributed by atoms with Crippen LogP contribution < -0.4 is 4.74 Å². The van der Waals surface area contributed by atoms with Crippen molar-refractivity contribution in [3.8, 4) is 17.6 Å². The monoisotopic (exact) mass is 282 g/mol. The summed E-state index contributed by atoms with van der Waals surface area (Å²) in [5.41, 5.74) is 0.684. The fourth-order valence-electron chi connectivity index (χ4n) is 1.50. The van der Waals surface area contributed by atoms with Crippen LogP contribution in [0.25, 0.3) is 0 Å². The van der Waals surface area contributed by atoms with E-state index in [0.29, 0.717) is 11.1 Å². The Balaban J connectivity index is 2.48. The smallest absolute Gasteiger partial charge is 0.255 e. The average molecular weight is 282 g/mol. The lowest BCUT2D eigenvalue weighted by Crippen LogP contribution is -2.03. The number of aromatic nitrogens is 1. The number of aryl methyl sites for hydroxylation is 1. The van der Waals surface area contributed by atoms with Gasteiger partial charge in [0.1, 0.15) is 5.75 Å². The highest BCUT2D eigenvalue weighted by molar-refractivity contribution is 5.43. The molecule has 7 heteroatoms. The zero-order chi connectivity index (χ0) is 14.9. The fourth-order valence-corrected chi connectivity index (χ4v) is 1.50. The summed E-state index contributed by atoms with van der Waals surface area (Å²) in [6, 6.07) is 5.87. The van der Waals surface area contributed by atoms with Crippen LogP contribution in [0, 0.1) is 41.8 Å². The molecule has 2 aromatic rings. The highest BCUT2D eigenvalue weighted by Crippen LogP contribution is 2.31. The lowest BCUT2D eigenvalue weighted by molar-refractivity contribution is 0.342. The third kappa shape index (κ3) is 2.40. The average Bonchev–Trinajstić information content (AvgIpc) is 2.42. The minimum atomic E-state index is -1.80. The number of rotatable bonds is 2. The summed E-state index contributed by atoms with van der Waals surface area (Å²) < 4.78 is 57.5. The lowest BCUT2D eigenvalue weighted by atomic mass is 10.1. The highest BCUT2D eigenvalue weighted by Gasteiger charge is 2.23. The van der Waals surface area contributed by atoms with E-state index in [4.69, 9.17) is 10.00 Å². The van der Waals surface area contributed by atoms with E-state index in [9.17, 15) is 17.6 Å². The number of halogens is 4. The van der Waals surface area contributed by atoms with Gasteiger partial charge in [0.15, 0.2) is 0 Å². The van der Waals surface area contributed by atoms with Crippen molar-refractivity contribution >= 4 is 0 Å². The maximum absolute atomic E-state index is 13.4. The topological polar surface area (TPSA) is 45.9 Å². The number of benzene rings is 1. The second kappa shape index (κ2) is 5.17. The standard InChI is InChI=1S/C13H6F4N2O/c1-6-4-7(5-18)2-3-8(6)20-11-9(14)12(16)19-13(17)10(11)15/h2-4H,1H3. The SMILES string of the molecule is Cc1cc(C#N)ccc1Oc1c(F)c(F)nc(F)c1F. The third-order valence-electron chi connectivity index (χ3n) is 2.47. The van der Waals surface area contributed by atoms with Crippen molar-refractivity contribution in [1.82, 2.24) is 4.98 Å². The molecule has 0 radical (unpaired) electrons. The molecule has 0 aliphatic heterocycles. The molecular formula is C13H6F4N2O. The van der Waals surface area contributed by atoms with Crippen LogP contribution in [-0.4, -0.2) is 4.98 Å². The molecule has 1 aromatic heterocycles. The molecule has 0 fully saturated rings. The van der Waals surface area contributed by atoms with Crippen molar-refractivity contribution in [3.05, 3.63) is 52.9 Å². The first-order valence-corrected chi connectivity index (χ1v) is 5.32. The van der Waals surface area contributed by atoms with Crippen LogP contribution in [0.5, 0.6) is 11.5 Å². The van der Waals surface area contributed by atoms with Gasteiger partial charge < -0.3 is 4.74 Å². The second-order valence-corrected chi connectivity index (χ2v) is 3.84. The van der Waals surface area contributed by atoms with Crippen molar-refractivity contribution < 1.29 is 22.3 Å². The van der Waals surface area contributed by atoms with Crippen LogP contribution in [0.4, 0.5) is 17.6 Å².